The normalized spacial score (nSPS) is 15.5. The minimum absolute atomic E-state index is 0.0867. The second-order valence-corrected chi connectivity index (χ2v) is 10.9. The summed E-state index contributed by atoms with van der Waals surface area (Å²) in [5.41, 5.74) is 10.1. The Labute approximate surface area is 275 Å². The smallest absolute Gasteiger partial charge is 0.330 e. The Balaban J connectivity index is 0. The van der Waals surface area contributed by atoms with Gasteiger partial charge < -0.3 is 11.5 Å². The van der Waals surface area contributed by atoms with Gasteiger partial charge in [0, 0.05) is 12.8 Å². The summed E-state index contributed by atoms with van der Waals surface area (Å²) in [6.45, 7) is 0.173. The fourth-order valence-electron chi connectivity index (χ4n) is 3.61. The maximum Gasteiger partial charge on any atom is 0.460 e. The van der Waals surface area contributed by atoms with Gasteiger partial charge in [-0.2, -0.15) is 114 Å². The van der Waals surface area contributed by atoms with E-state index in [0.717, 1.165) is 0 Å². The van der Waals surface area contributed by atoms with Crippen molar-refractivity contribution in [1.29, 1.82) is 0 Å². The first kappa shape index (κ1) is 52.2. The third-order valence-electron chi connectivity index (χ3n) is 6.89. The molecule has 0 atom stereocenters. The number of halogens is 26. The number of nitrogens with two attached hydrogens (primary N) is 2. The Bertz CT molecular complexity index is 993. The maximum absolute atomic E-state index is 13.3. The molecule has 52 heavy (non-hydrogen) atoms. The summed E-state index contributed by atoms with van der Waals surface area (Å²) in [5, 5.41) is 0. The number of hydrogen-bond donors (Lipinski definition) is 2. The fourth-order valence-corrected chi connectivity index (χ4v) is 3.61. The molecule has 4 N–H and O–H groups in total. The van der Waals surface area contributed by atoms with E-state index in [1.807, 2.05) is 0 Å². The first-order valence-electron chi connectivity index (χ1n) is 13.9. The Hall–Kier alpha value is -1.90. The topological polar surface area (TPSA) is 52.0 Å². The summed E-state index contributed by atoms with van der Waals surface area (Å²) in [6.07, 6.45) is -20.7. The van der Waals surface area contributed by atoms with Crippen LogP contribution in [0.5, 0.6) is 0 Å². The molecular formula is C24H28F26N2. The largest absolute Gasteiger partial charge is 0.460 e. The molecule has 0 saturated heterocycles. The predicted molar refractivity (Wildman–Crippen MR) is 126 cm³/mol. The van der Waals surface area contributed by atoms with Gasteiger partial charge in [0.15, 0.2) is 0 Å². The molecule has 0 aromatic carbocycles. The van der Waals surface area contributed by atoms with Gasteiger partial charge in [-0.05, 0) is 38.8 Å². The van der Waals surface area contributed by atoms with Gasteiger partial charge in [-0.25, -0.2) is 0 Å². The van der Waals surface area contributed by atoms with E-state index in [1.165, 1.54) is 0 Å². The van der Waals surface area contributed by atoms with E-state index in [4.69, 9.17) is 11.5 Å². The molecule has 2 nitrogen and oxygen atoms in total. The van der Waals surface area contributed by atoms with E-state index in [-0.39, 0.29) is 51.6 Å². The van der Waals surface area contributed by atoms with E-state index in [9.17, 15) is 114 Å². The fraction of sp³-hybridized carbons (Fsp3) is 1.00. The second kappa shape index (κ2) is 16.9. The van der Waals surface area contributed by atoms with Crippen molar-refractivity contribution in [1.82, 2.24) is 0 Å². The minimum Gasteiger partial charge on any atom is -0.330 e. The van der Waals surface area contributed by atoms with Crippen molar-refractivity contribution in [2.75, 3.05) is 13.1 Å². The molecule has 0 spiro atoms. The monoisotopic (exact) mass is 838 g/mol. The maximum atomic E-state index is 13.3. The summed E-state index contributed by atoms with van der Waals surface area (Å²) in [4.78, 5) is 0. The molecule has 0 amide bonds. The average Bonchev–Trinajstić information content (AvgIpc) is 2.95. The Kier molecular flexibility index (Phi) is 16.9. The molecule has 0 aliphatic carbocycles. The van der Waals surface area contributed by atoms with Crippen molar-refractivity contribution in [3.05, 3.63) is 0 Å². The lowest BCUT2D eigenvalue weighted by Crippen LogP contribution is -2.70. The highest BCUT2D eigenvalue weighted by molar-refractivity contribution is 5.11. The van der Waals surface area contributed by atoms with Crippen LogP contribution < -0.4 is 11.5 Å². The minimum atomic E-state index is -7.83. The zero-order valence-electron chi connectivity index (χ0n) is 25.5. The molecule has 0 heterocycles. The summed E-state index contributed by atoms with van der Waals surface area (Å²) >= 11 is 0. The third-order valence-corrected chi connectivity index (χ3v) is 6.89. The standard InChI is InChI=1S/2C12H14F13N/c2*13-7(14,5-3-1-2-4-6-26)8(15,16)9(17,18)10(19,20)11(21,22)12(23,24)25/h2*1-6,26H2. The van der Waals surface area contributed by atoms with Crippen molar-refractivity contribution in [3.8, 4) is 0 Å². The molecule has 0 aliphatic rings. The van der Waals surface area contributed by atoms with Crippen LogP contribution in [0.2, 0.25) is 0 Å². The molecule has 0 aromatic heterocycles. The van der Waals surface area contributed by atoms with Crippen LogP contribution in [-0.4, -0.2) is 84.7 Å². The Morgan fingerprint density at radius 3 is 0.615 bits per heavy atom. The molecule has 0 rings (SSSR count). The molecule has 316 valence electrons. The second-order valence-electron chi connectivity index (χ2n) is 10.9. The zero-order chi connectivity index (χ0) is 42.5. The van der Waals surface area contributed by atoms with Gasteiger partial charge in [-0.3, -0.25) is 0 Å². The third kappa shape index (κ3) is 9.85. The summed E-state index contributed by atoms with van der Waals surface area (Å²) in [5.74, 6) is -72.7. The van der Waals surface area contributed by atoms with Crippen molar-refractivity contribution >= 4 is 0 Å². The average molecular weight is 838 g/mol. The van der Waals surface area contributed by atoms with Gasteiger partial charge in [-0.1, -0.05) is 25.7 Å². The molecule has 0 fully saturated rings. The zero-order valence-corrected chi connectivity index (χ0v) is 25.5. The lowest BCUT2D eigenvalue weighted by Gasteiger charge is -2.39. The van der Waals surface area contributed by atoms with Crippen LogP contribution in [0.4, 0.5) is 114 Å². The highest BCUT2D eigenvalue weighted by Gasteiger charge is 2.91. The van der Waals surface area contributed by atoms with Crippen molar-refractivity contribution in [2.45, 2.75) is 136 Å². The van der Waals surface area contributed by atoms with Crippen LogP contribution in [0.25, 0.3) is 0 Å². The van der Waals surface area contributed by atoms with Gasteiger partial charge >= 0.3 is 71.6 Å². The molecule has 0 bridgehead atoms. The molecule has 0 radical (unpaired) electrons. The van der Waals surface area contributed by atoms with Crippen LogP contribution >= 0.6 is 0 Å². The molecular weight excluding hydrogens is 810 g/mol. The molecule has 0 aliphatic heterocycles. The highest BCUT2D eigenvalue weighted by Crippen LogP contribution is 2.62. The lowest BCUT2D eigenvalue weighted by molar-refractivity contribution is -0.440. The molecule has 0 aromatic rings. The van der Waals surface area contributed by atoms with Gasteiger partial charge in [0.25, 0.3) is 0 Å². The van der Waals surface area contributed by atoms with Crippen LogP contribution in [0.1, 0.15) is 64.2 Å². The number of hydrogen-bond acceptors (Lipinski definition) is 2. The van der Waals surface area contributed by atoms with Gasteiger partial charge in [0.2, 0.25) is 0 Å². The van der Waals surface area contributed by atoms with Crippen molar-refractivity contribution in [3.63, 3.8) is 0 Å². The van der Waals surface area contributed by atoms with E-state index < -0.39 is 97.3 Å². The first-order chi connectivity index (χ1) is 22.6. The highest BCUT2D eigenvalue weighted by atomic mass is 19.4. The lowest BCUT2D eigenvalue weighted by atomic mass is 9.91. The van der Waals surface area contributed by atoms with Gasteiger partial charge in [0.1, 0.15) is 0 Å². The summed E-state index contributed by atoms with van der Waals surface area (Å²) in [6, 6.07) is 0. The SMILES string of the molecule is NCCCCCCC(F)(F)C(F)(F)C(F)(F)C(F)(F)C(F)(F)C(F)(F)F.NCCCCCCC(F)(F)C(F)(F)C(F)(F)C(F)(F)C(F)(F)C(F)(F)F. The Morgan fingerprint density at radius 2 is 0.423 bits per heavy atom. The van der Waals surface area contributed by atoms with Gasteiger partial charge in [0.05, 0.1) is 0 Å². The van der Waals surface area contributed by atoms with Crippen molar-refractivity contribution in [2.24, 2.45) is 11.5 Å². The Morgan fingerprint density at radius 1 is 0.231 bits per heavy atom. The number of rotatable bonds is 20. The van der Waals surface area contributed by atoms with Crippen LogP contribution in [0.15, 0.2) is 0 Å². The van der Waals surface area contributed by atoms with Crippen molar-refractivity contribution < 1.29 is 114 Å². The van der Waals surface area contributed by atoms with Crippen LogP contribution in [0.3, 0.4) is 0 Å². The number of unbranched alkanes of at least 4 members (excludes halogenated alkanes) is 6. The van der Waals surface area contributed by atoms with E-state index >= 15 is 0 Å². The van der Waals surface area contributed by atoms with Crippen LogP contribution in [-0.2, 0) is 0 Å². The van der Waals surface area contributed by atoms with Gasteiger partial charge in [-0.15, -0.1) is 0 Å². The van der Waals surface area contributed by atoms with E-state index in [2.05, 4.69) is 0 Å². The summed E-state index contributed by atoms with van der Waals surface area (Å²) in [7, 11) is 0. The summed E-state index contributed by atoms with van der Waals surface area (Å²) < 4.78 is 332. The van der Waals surface area contributed by atoms with E-state index in [0.29, 0.717) is 0 Å². The number of alkyl halides is 26. The molecule has 0 saturated carbocycles. The van der Waals surface area contributed by atoms with E-state index in [1.54, 1.807) is 0 Å². The van der Waals surface area contributed by atoms with Crippen LogP contribution in [0, 0.1) is 0 Å². The predicted octanol–water partition coefficient (Wildman–Crippen LogP) is 11.3. The molecule has 0 unspecified atom stereocenters. The molecule has 28 heteroatoms. The first-order valence-corrected chi connectivity index (χ1v) is 13.9. The quantitative estimate of drug-likeness (QED) is 0.0948.